The van der Waals surface area contributed by atoms with Crippen LogP contribution in [0.25, 0.3) is 78.1 Å². The molecule has 5 nitrogen and oxygen atoms in total. The van der Waals surface area contributed by atoms with E-state index in [0.29, 0.717) is 12.2 Å². The topological polar surface area (TPSA) is 74.3 Å². The van der Waals surface area contributed by atoms with Crippen molar-refractivity contribution in [1.82, 2.24) is 9.13 Å². The van der Waals surface area contributed by atoms with Gasteiger partial charge in [-0.05, 0) is 114 Å². The number of rotatable bonds is 13. The van der Waals surface area contributed by atoms with E-state index in [0.717, 1.165) is 56.8 Å². The molecule has 352 valence electrons. The molecule has 2 heterocycles. The number of nitrogens with two attached hydrogens (primary N) is 2. The molecule has 0 amide bonds. The number of aliphatic imine (C=N–C) groups is 1. The molecule has 5 heteroatoms. The molecule has 1 aliphatic carbocycles. The zero-order chi connectivity index (χ0) is 49.7. The zero-order valence-electron chi connectivity index (χ0n) is 40.9. The van der Waals surface area contributed by atoms with Gasteiger partial charge in [-0.2, -0.15) is 0 Å². The van der Waals surface area contributed by atoms with Crippen LogP contribution in [0.1, 0.15) is 36.2 Å². The van der Waals surface area contributed by atoms with Crippen LogP contribution in [0, 0.1) is 0 Å². The SMILES string of the molecule is C=C/C=C\C.C\C=C/C=C\C=C\CN=C(/C=C(\N)c1ccccc1)c1cccc(-n2c3ccccc3c3cc(-c4ccc5c6c(n(-c7ccccc7-c7ccccc7)c5c4)C=C/C(=C/C=C\N)C6)ccc32)c1. The molecule has 0 fully saturated rings. The predicted octanol–water partition coefficient (Wildman–Crippen LogP) is 16.3. The van der Waals surface area contributed by atoms with E-state index < -0.39 is 0 Å². The monoisotopic (exact) mass is 933 g/mol. The van der Waals surface area contributed by atoms with E-state index in [9.17, 15) is 0 Å². The van der Waals surface area contributed by atoms with E-state index in [1.54, 1.807) is 12.3 Å². The lowest BCUT2D eigenvalue weighted by atomic mass is 9.95. The van der Waals surface area contributed by atoms with Crippen LogP contribution in [-0.2, 0) is 6.42 Å². The highest BCUT2D eigenvalue weighted by molar-refractivity contribution is 6.13. The summed E-state index contributed by atoms with van der Waals surface area (Å²) in [7, 11) is 0. The molecule has 2 aromatic heterocycles. The van der Waals surface area contributed by atoms with Crippen molar-refractivity contribution in [3.05, 3.63) is 290 Å². The van der Waals surface area contributed by atoms with Crippen molar-refractivity contribution in [2.24, 2.45) is 16.5 Å². The Hall–Kier alpha value is -9.19. The quantitative estimate of drug-likeness (QED) is 0.0893. The summed E-state index contributed by atoms with van der Waals surface area (Å²) < 4.78 is 4.82. The summed E-state index contributed by atoms with van der Waals surface area (Å²) in [6.07, 6.45) is 30.6. The first-order valence-electron chi connectivity index (χ1n) is 24.5. The van der Waals surface area contributed by atoms with E-state index in [1.807, 2.05) is 98.9 Å². The minimum absolute atomic E-state index is 0.510. The highest BCUT2D eigenvalue weighted by Gasteiger charge is 2.23. The van der Waals surface area contributed by atoms with Gasteiger partial charge >= 0.3 is 0 Å². The maximum Gasteiger partial charge on any atom is 0.0671 e. The molecule has 4 N–H and O–H groups in total. The van der Waals surface area contributed by atoms with Gasteiger partial charge in [0.05, 0.1) is 40.2 Å². The van der Waals surface area contributed by atoms with Crippen LogP contribution in [0.3, 0.4) is 0 Å². The van der Waals surface area contributed by atoms with Gasteiger partial charge in [0.2, 0.25) is 0 Å². The number of nitrogens with zero attached hydrogens (tertiary/aromatic N) is 3. The summed E-state index contributed by atoms with van der Waals surface area (Å²) in [5, 5.41) is 3.62. The molecule has 0 saturated carbocycles. The Morgan fingerprint density at radius 2 is 1.29 bits per heavy atom. The second-order valence-corrected chi connectivity index (χ2v) is 17.4. The van der Waals surface area contributed by atoms with Crippen molar-refractivity contribution >= 4 is 50.2 Å². The molecule has 7 aromatic carbocycles. The third kappa shape index (κ3) is 10.4. The van der Waals surface area contributed by atoms with Crippen LogP contribution < -0.4 is 11.5 Å². The first-order chi connectivity index (χ1) is 35.5. The number of benzene rings is 7. The maximum absolute atomic E-state index is 6.73. The molecule has 10 rings (SSSR count). The van der Waals surface area contributed by atoms with Gasteiger partial charge in [-0.3, -0.25) is 4.99 Å². The number of aromatic nitrogens is 2. The molecule has 0 atom stereocenters. The minimum Gasteiger partial charge on any atom is -0.405 e. The molecule has 0 radical (unpaired) electrons. The number of para-hydroxylation sites is 2. The van der Waals surface area contributed by atoms with Crippen molar-refractivity contribution < 1.29 is 0 Å². The summed E-state index contributed by atoms with van der Waals surface area (Å²) in [5.41, 5.74) is 30.0. The average Bonchev–Trinajstić information content (AvgIpc) is 3.94. The van der Waals surface area contributed by atoms with Crippen molar-refractivity contribution in [1.29, 1.82) is 0 Å². The number of hydrogen-bond donors (Lipinski definition) is 2. The summed E-state index contributed by atoms with van der Waals surface area (Å²) >= 11 is 0. The molecule has 0 saturated heterocycles. The second-order valence-electron chi connectivity index (χ2n) is 17.4. The molecular formula is C67H59N5. The lowest BCUT2D eigenvalue weighted by Crippen LogP contribution is -2.05. The second kappa shape index (κ2) is 22.9. The van der Waals surface area contributed by atoms with Crippen molar-refractivity contribution in [2.45, 2.75) is 20.3 Å². The maximum atomic E-state index is 6.73. The molecule has 9 aromatic rings. The van der Waals surface area contributed by atoms with Gasteiger partial charge in [0, 0.05) is 45.1 Å². The van der Waals surface area contributed by atoms with Crippen LogP contribution in [0.2, 0.25) is 0 Å². The van der Waals surface area contributed by atoms with Crippen LogP contribution in [0.4, 0.5) is 0 Å². The Labute approximate surface area is 423 Å². The number of fused-ring (bicyclic) bond motifs is 6. The minimum atomic E-state index is 0.510. The lowest BCUT2D eigenvalue weighted by molar-refractivity contribution is 1.06. The summed E-state index contributed by atoms with van der Waals surface area (Å²) in [4.78, 5) is 5.07. The molecule has 0 spiro atoms. The van der Waals surface area contributed by atoms with Crippen LogP contribution >= 0.6 is 0 Å². The molecule has 0 aliphatic heterocycles. The Morgan fingerprint density at radius 1 is 0.583 bits per heavy atom. The fourth-order valence-electron chi connectivity index (χ4n) is 9.43. The van der Waals surface area contributed by atoms with Crippen LogP contribution in [0.5, 0.6) is 0 Å². The van der Waals surface area contributed by atoms with Gasteiger partial charge in [0.15, 0.2) is 0 Å². The fourth-order valence-corrected chi connectivity index (χ4v) is 9.43. The predicted molar refractivity (Wildman–Crippen MR) is 311 cm³/mol. The lowest BCUT2D eigenvalue weighted by Gasteiger charge is -2.17. The highest BCUT2D eigenvalue weighted by atomic mass is 15.0. The largest absolute Gasteiger partial charge is 0.405 e. The Bertz CT molecular complexity index is 3670. The Balaban J connectivity index is 0.00000122. The zero-order valence-corrected chi connectivity index (χ0v) is 40.9. The van der Waals surface area contributed by atoms with Gasteiger partial charge in [-0.15, -0.1) is 0 Å². The summed E-state index contributed by atoms with van der Waals surface area (Å²) in [6.45, 7) is 7.94. The van der Waals surface area contributed by atoms with Gasteiger partial charge < -0.3 is 20.6 Å². The van der Waals surface area contributed by atoms with Crippen molar-refractivity contribution in [2.75, 3.05) is 6.54 Å². The first-order valence-corrected chi connectivity index (χ1v) is 24.5. The van der Waals surface area contributed by atoms with E-state index in [1.165, 1.54) is 49.6 Å². The van der Waals surface area contributed by atoms with E-state index >= 15 is 0 Å². The number of hydrogen-bond acceptors (Lipinski definition) is 3. The molecule has 0 bridgehead atoms. The first kappa shape index (κ1) is 47.9. The van der Waals surface area contributed by atoms with Gasteiger partial charge in [-0.25, -0.2) is 0 Å². The average molecular weight is 934 g/mol. The highest BCUT2D eigenvalue weighted by Crippen LogP contribution is 2.41. The van der Waals surface area contributed by atoms with E-state index in [2.05, 4.69) is 180 Å². The van der Waals surface area contributed by atoms with Gasteiger partial charge in [0.25, 0.3) is 0 Å². The molecule has 72 heavy (non-hydrogen) atoms. The number of allylic oxidation sites excluding steroid dienone is 13. The van der Waals surface area contributed by atoms with Crippen LogP contribution in [-0.4, -0.2) is 21.4 Å². The Morgan fingerprint density at radius 3 is 2.08 bits per heavy atom. The van der Waals surface area contributed by atoms with E-state index in [-0.39, 0.29) is 0 Å². The normalized spacial score (nSPS) is 13.7. The fraction of sp³-hybridized carbons (Fsp3) is 0.0597. The van der Waals surface area contributed by atoms with Gasteiger partial charge in [-0.1, -0.05) is 201 Å². The Kier molecular flexibility index (Phi) is 15.3. The standard InChI is InChI=1S/C62H51N5.C5H8/c1-2-3-4-5-6-17-38-65-57(43-56(64)46-23-11-8-12-24-46)49-25-18-26-50(40-49)66-59-30-16-14-28-52(59)55-41-47(33-36-60(55)66)48-32-34-53-54-39-44(20-19-37-63)31-35-61(54)67(62(53)42-48)58-29-15-13-27-51(58)45-21-9-7-10-22-45;1-3-5-4-2/h2-37,40-43H,38-39,63-64H2,1H3;3-5H,1H2,2H3/b3-2-,5-4-,17-6+,37-19-,44-20-,56-43-,65-57?;5-4-. The molecule has 0 unspecified atom stereocenters. The van der Waals surface area contributed by atoms with Crippen LogP contribution in [0.15, 0.2) is 272 Å². The third-order valence-corrected chi connectivity index (χ3v) is 12.8. The molecule has 1 aliphatic rings. The third-order valence-electron chi connectivity index (χ3n) is 12.8. The summed E-state index contributed by atoms with van der Waals surface area (Å²) in [5.74, 6) is 0. The van der Waals surface area contributed by atoms with E-state index in [4.69, 9.17) is 16.5 Å². The smallest absolute Gasteiger partial charge is 0.0671 e. The van der Waals surface area contributed by atoms with Gasteiger partial charge in [0.1, 0.15) is 0 Å². The molecular weight excluding hydrogens is 875 g/mol. The van der Waals surface area contributed by atoms with Crippen molar-refractivity contribution in [3.63, 3.8) is 0 Å². The van der Waals surface area contributed by atoms with Crippen molar-refractivity contribution in [3.8, 4) is 33.6 Å². The summed E-state index contributed by atoms with van der Waals surface area (Å²) in [6, 6.07) is 60.7.